The predicted octanol–water partition coefficient (Wildman–Crippen LogP) is 7.22. The van der Waals surface area contributed by atoms with E-state index in [0.29, 0.717) is 36.7 Å². The second-order valence-electron chi connectivity index (χ2n) is 10.7. The molecule has 5 rings (SSSR count). The van der Waals surface area contributed by atoms with Gasteiger partial charge in [0.05, 0.1) is 24.7 Å². The molecule has 2 aliphatic rings. The molecule has 1 atom stereocenters. The van der Waals surface area contributed by atoms with Gasteiger partial charge in [-0.3, -0.25) is 4.68 Å². The number of nitriles is 1. The van der Waals surface area contributed by atoms with Crippen LogP contribution in [-0.4, -0.2) is 38.7 Å². The summed E-state index contributed by atoms with van der Waals surface area (Å²) in [4.78, 5) is 15.2. The number of para-hydroxylation sites is 1. The highest BCUT2D eigenvalue weighted by Crippen LogP contribution is 2.35. The number of nitrogens with one attached hydrogen (secondary N) is 2. The van der Waals surface area contributed by atoms with Crippen molar-refractivity contribution in [2.75, 3.05) is 23.3 Å². The Bertz CT molecular complexity index is 1570. The third-order valence-electron chi connectivity index (χ3n) is 7.66. The summed E-state index contributed by atoms with van der Waals surface area (Å²) in [5.41, 5.74) is 3.43. The Morgan fingerprint density at radius 3 is 2.57 bits per heavy atom. The molecule has 0 bridgehead atoms. The van der Waals surface area contributed by atoms with Crippen LogP contribution in [0.1, 0.15) is 63.6 Å². The number of aliphatic imine (C=N–C) groups is 1. The van der Waals surface area contributed by atoms with Crippen molar-refractivity contribution in [1.29, 1.82) is 5.26 Å². The third-order valence-corrected chi connectivity index (χ3v) is 7.66. The lowest BCUT2D eigenvalue weighted by Crippen LogP contribution is -2.37. The van der Waals surface area contributed by atoms with Crippen molar-refractivity contribution < 1.29 is 8.78 Å². The van der Waals surface area contributed by atoms with Crippen LogP contribution in [0.15, 0.2) is 72.5 Å². The van der Waals surface area contributed by atoms with Crippen LogP contribution in [0.4, 0.5) is 26.1 Å². The minimum Gasteiger partial charge on any atom is -0.356 e. The van der Waals surface area contributed by atoms with Crippen molar-refractivity contribution >= 4 is 28.7 Å². The summed E-state index contributed by atoms with van der Waals surface area (Å²) in [5.74, 6) is 0.667. The molecule has 4 heterocycles. The second kappa shape index (κ2) is 15.0. The first-order valence-electron chi connectivity index (χ1n) is 14.8. The van der Waals surface area contributed by atoms with Gasteiger partial charge in [0, 0.05) is 42.2 Å². The van der Waals surface area contributed by atoms with Crippen LogP contribution in [-0.2, 0) is 0 Å². The maximum atomic E-state index is 14.2. The molecule has 2 aromatic heterocycles. The van der Waals surface area contributed by atoms with Crippen molar-refractivity contribution in [1.82, 2.24) is 25.1 Å². The number of nitrogens with zero attached hydrogens (tertiary/aromatic N) is 7. The summed E-state index contributed by atoms with van der Waals surface area (Å²) in [6.45, 7) is 13.3. The average Bonchev–Trinajstić information content (AvgIpc) is 3.70. The van der Waals surface area contributed by atoms with E-state index in [4.69, 9.17) is 0 Å². The second-order valence-corrected chi connectivity index (χ2v) is 10.7. The molecule has 0 amide bonds. The number of anilines is 3. The summed E-state index contributed by atoms with van der Waals surface area (Å²) in [5, 5.41) is 20.1. The Morgan fingerprint density at radius 1 is 1.20 bits per heavy atom. The first kappa shape index (κ1) is 32.1. The Hall–Kier alpha value is -4.85. The zero-order chi connectivity index (χ0) is 31.6. The molecule has 1 unspecified atom stereocenters. The van der Waals surface area contributed by atoms with E-state index >= 15 is 0 Å². The van der Waals surface area contributed by atoms with Crippen molar-refractivity contribution in [2.45, 2.75) is 59.4 Å². The number of piperidine rings is 1. The number of allylic oxidation sites excluding steroid dienone is 1. The molecule has 0 saturated carbocycles. The fourth-order valence-corrected chi connectivity index (χ4v) is 5.40. The fraction of sp³-hybridized carbons (Fsp3) is 0.364. The predicted molar refractivity (Wildman–Crippen MR) is 171 cm³/mol. The molecule has 1 fully saturated rings. The highest BCUT2D eigenvalue weighted by Gasteiger charge is 2.30. The molecule has 230 valence electrons. The maximum absolute atomic E-state index is 14.2. The topological polar surface area (TPSA) is 107 Å². The van der Waals surface area contributed by atoms with E-state index in [0.717, 1.165) is 35.4 Å². The minimum atomic E-state index is -0.691. The fourth-order valence-electron chi connectivity index (χ4n) is 5.40. The standard InChI is InChI=1S/C30H31F2N9.C3H8/c1-4-34-29-23(9-13-35-29)19(2)22-16-38-41(17-22)26(8-12-33)21-10-14-40(15-11-21)30-20(3)28(36-18-37-30)39-27-24(31)6-5-7-25(27)32;1-3-2/h4-7,9,13,16-18,21,26H,1,8,10-11,14-15H2,2-3H3,(H,34,35)(H,36,37,39);3H2,1-2H3/b23-19+;. The first-order chi connectivity index (χ1) is 21.3. The van der Waals surface area contributed by atoms with E-state index in [2.05, 4.69) is 62.1 Å². The molecule has 2 N–H and O–H groups in total. The molecule has 11 heteroatoms. The first-order valence-corrected chi connectivity index (χ1v) is 14.8. The number of rotatable bonds is 8. The summed E-state index contributed by atoms with van der Waals surface area (Å²) < 4.78 is 30.3. The van der Waals surface area contributed by atoms with E-state index in [1.54, 1.807) is 12.4 Å². The molecule has 0 radical (unpaired) electrons. The lowest BCUT2D eigenvalue weighted by molar-refractivity contribution is 0.260. The Labute approximate surface area is 257 Å². The Morgan fingerprint density at radius 2 is 1.91 bits per heavy atom. The van der Waals surface area contributed by atoms with Crippen LogP contribution in [0, 0.1) is 35.8 Å². The van der Waals surface area contributed by atoms with Gasteiger partial charge in [-0.25, -0.2) is 23.7 Å². The zero-order valence-electron chi connectivity index (χ0n) is 25.7. The van der Waals surface area contributed by atoms with Gasteiger partial charge in [-0.05, 0) is 62.6 Å². The number of aromatic nitrogens is 4. The maximum Gasteiger partial charge on any atom is 0.149 e. The van der Waals surface area contributed by atoms with E-state index in [-0.39, 0.29) is 17.6 Å². The van der Waals surface area contributed by atoms with Crippen LogP contribution in [0.25, 0.3) is 5.57 Å². The normalized spacial score (nSPS) is 16.4. The lowest BCUT2D eigenvalue weighted by atomic mass is 9.87. The molecule has 0 aliphatic carbocycles. The highest BCUT2D eigenvalue weighted by atomic mass is 19.1. The quantitative estimate of drug-likeness (QED) is 0.281. The Balaban J connectivity index is 0.00000141. The molecule has 2 aliphatic heterocycles. The number of hydrogen-bond donors (Lipinski definition) is 2. The van der Waals surface area contributed by atoms with E-state index in [1.807, 2.05) is 37.0 Å². The lowest BCUT2D eigenvalue weighted by Gasteiger charge is -2.36. The molecule has 3 aromatic rings. The van der Waals surface area contributed by atoms with Crippen molar-refractivity contribution in [3.05, 3.63) is 90.3 Å². The molecule has 9 nitrogen and oxygen atoms in total. The van der Waals surface area contributed by atoms with Crippen LogP contribution in [0.5, 0.6) is 0 Å². The monoisotopic (exact) mass is 599 g/mol. The largest absolute Gasteiger partial charge is 0.356 e. The van der Waals surface area contributed by atoms with Crippen molar-refractivity contribution in [2.24, 2.45) is 10.9 Å². The van der Waals surface area contributed by atoms with Gasteiger partial charge in [0.2, 0.25) is 0 Å². The molecule has 1 aromatic carbocycles. The van der Waals surface area contributed by atoms with Gasteiger partial charge >= 0.3 is 0 Å². The molecular weight excluding hydrogens is 560 g/mol. The molecule has 44 heavy (non-hydrogen) atoms. The van der Waals surface area contributed by atoms with E-state index in [1.165, 1.54) is 30.9 Å². The minimum absolute atomic E-state index is 0.0694. The summed E-state index contributed by atoms with van der Waals surface area (Å²) >= 11 is 0. The number of benzene rings is 1. The van der Waals surface area contributed by atoms with Gasteiger partial charge in [-0.1, -0.05) is 32.9 Å². The van der Waals surface area contributed by atoms with Gasteiger partial charge in [0.1, 0.15) is 41.1 Å². The SMILES string of the molecule is C=CNC1=NC=C/C1=C(/C)c1cnn(C(CC#N)C2CCN(c3ncnc(Nc4c(F)cccc4F)c3C)CC2)c1.CCC. The van der Waals surface area contributed by atoms with Crippen LogP contribution < -0.4 is 15.5 Å². The molecule has 0 spiro atoms. The zero-order valence-corrected chi connectivity index (χ0v) is 25.7. The number of hydrogen-bond acceptors (Lipinski definition) is 8. The number of halogens is 2. The van der Waals surface area contributed by atoms with Crippen molar-refractivity contribution in [3.63, 3.8) is 0 Å². The van der Waals surface area contributed by atoms with Crippen molar-refractivity contribution in [3.8, 4) is 6.07 Å². The van der Waals surface area contributed by atoms with Gasteiger partial charge in [-0.2, -0.15) is 10.4 Å². The highest BCUT2D eigenvalue weighted by molar-refractivity contribution is 6.09. The van der Waals surface area contributed by atoms with Crippen LogP contribution in [0.2, 0.25) is 0 Å². The van der Waals surface area contributed by atoms with Crippen LogP contribution >= 0.6 is 0 Å². The number of amidine groups is 1. The molecule has 1 saturated heterocycles. The van der Waals surface area contributed by atoms with Crippen LogP contribution in [0.3, 0.4) is 0 Å². The summed E-state index contributed by atoms with van der Waals surface area (Å²) in [6.07, 6.45) is 13.8. The van der Waals surface area contributed by atoms with Gasteiger partial charge in [0.25, 0.3) is 0 Å². The molecular formula is C33H39F2N9. The summed E-state index contributed by atoms with van der Waals surface area (Å²) in [7, 11) is 0. The van der Waals surface area contributed by atoms with E-state index < -0.39 is 11.6 Å². The smallest absolute Gasteiger partial charge is 0.149 e. The van der Waals surface area contributed by atoms with E-state index in [9.17, 15) is 14.0 Å². The van der Waals surface area contributed by atoms with Gasteiger partial charge < -0.3 is 15.5 Å². The average molecular weight is 600 g/mol. The summed E-state index contributed by atoms with van der Waals surface area (Å²) in [6, 6.07) is 5.99. The van der Waals surface area contributed by atoms with Gasteiger partial charge in [-0.15, -0.1) is 0 Å². The third kappa shape index (κ3) is 7.19. The van der Waals surface area contributed by atoms with Gasteiger partial charge in [0.15, 0.2) is 0 Å². The Kier molecular flexibility index (Phi) is 11.0.